The molecule has 0 unspecified atom stereocenters. The number of aromatic amines is 1. The monoisotopic (exact) mass is 346 g/mol. The topological polar surface area (TPSA) is 62.0 Å². The van der Waals surface area contributed by atoms with Crippen LogP contribution in [0.3, 0.4) is 0 Å². The fraction of sp³-hybridized carbons (Fsp3) is 0.111. The molecule has 25 heavy (non-hydrogen) atoms. The van der Waals surface area contributed by atoms with Crippen LogP contribution in [0.5, 0.6) is 0 Å². The quantitative estimate of drug-likeness (QED) is 0.548. The van der Waals surface area contributed by atoms with Gasteiger partial charge in [-0.25, -0.2) is 0 Å². The number of aromatic nitrogens is 1. The Morgan fingerprint density at radius 3 is 2.52 bits per heavy atom. The number of H-pyrrole nitrogens is 1. The highest BCUT2D eigenvalue weighted by Gasteiger charge is 2.31. The number of ketones is 1. The zero-order valence-corrected chi connectivity index (χ0v) is 13.1. The molecule has 0 saturated carbocycles. The van der Waals surface area contributed by atoms with E-state index in [2.05, 4.69) is 10.3 Å². The van der Waals surface area contributed by atoms with Crippen molar-refractivity contribution in [1.82, 2.24) is 4.98 Å². The third-order valence-corrected chi connectivity index (χ3v) is 3.85. The number of Topliss-reactive ketones (excluding diaryl/α,β-unsaturated/α-hetero) is 1. The average Bonchev–Trinajstić information content (AvgIpc) is 2.99. The lowest BCUT2D eigenvalue weighted by Crippen LogP contribution is -2.23. The number of hydrogen-bond acceptors (Lipinski definition) is 2. The zero-order chi connectivity index (χ0) is 18.2. The highest BCUT2D eigenvalue weighted by molar-refractivity contribution is 6.48. The van der Waals surface area contributed by atoms with Crippen LogP contribution in [0.15, 0.2) is 48.7 Å². The van der Waals surface area contributed by atoms with Gasteiger partial charge in [0.15, 0.2) is 0 Å². The maximum absolute atomic E-state index is 12.8. The van der Waals surface area contributed by atoms with Gasteiger partial charge in [-0.2, -0.15) is 13.2 Å². The molecule has 0 atom stereocenters. The molecule has 2 N–H and O–H groups in total. The van der Waals surface area contributed by atoms with E-state index in [1.54, 1.807) is 31.2 Å². The van der Waals surface area contributed by atoms with E-state index in [1.807, 2.05) is 0 Å². The molecule has 1 heterocycles. The summed E-state index contributed by atoms with van der Waals surface area (Å²) >= 11 is 0. The number of amides is 1. The molecular weight excluding hydrogens is 333 g/mol. The van der Waals surface area contributed by atoms with Crippen molar-refractivity contribution in [2.24, 2.45) is 0 Å². The SMILES string of the molecule is Cc1ccc(C(F)(F)F)cc1NC(=O)C(=O)c1c[nH]c2ccccc12. The molecule has 3 rings (SSSR count). The average molecular weight is 346 g/mol. The number of nitrogens with one attached hydrogen (secondary N) is 2. The third kappa shape index (κ3) is 3.26. The highest BCUT2D eigenvalue weighted by atomic mass is 19.4. The number of carbonyl (C=O) groups excluding carboxylic acids is 2. The highest BCUT2D eigenvalue weighted by Crippen LogP contribution is 2.32. The Morgan fingerprint density at radius 1 is 1.08 bits per heavy atom. The summed E-state index contributed by atoms with van der Waals surface area (Å²) in [6.45, 7) is 1.55. The smallest absolute Gasteiger partial charge is 0.360 e. The van der Waals surface area contributed by atoms with Crippen LogP contribution in [-0.4, -0.2) is 16.7 Å². The van der Waals surface area contributed by atoms with Crippen LogP contribution in [0.2, 0.25) is 0 Å². The standard InChI is InChI=1S/C18H13F3N2O2/c1-10-6-7-11(18(19,20)21)8-15(10)23-17(25)16(24)13-9-22-14-5-3-2-4-12(13)14/h2-9,22H,1H3,(H,23,25). The number of fused-ring (bicyclic) bond motifs is 1. The second kappa shape index (κ2) is 6.08. The van der Waals surface area contributed by atoms with Gasteiger partial charge in [-0.1, -0.05) is 24.3 Å². The summed E-state index contributed by atoms with van der Waals surface area (Å²) in [4.78, 5) is 27.5. The molecule has 3 aromatic rings. The number of rotatable bonds is 3. The predicted octanol–water partition coefficient (Wildman–Crippen LogP) is 4.32. The van der Waals surface area contributed by atoms with Crippen molar-refractivity contribution in [1.29, 1.82) is 0 Å². The fourth-order valence-electron chi connectivity index (χ4n) is 2.49. The van der Waals surface area contributed by atoms with Crippen LogP contribution in [0, 0.1) is 6.92 Å². The van der Waals surface area contributed by atoms with E-state index < -0.39 is 23.4 Å². The van der Waals surface area contributed by atoms with Crippen LogP contribution >= 0.6 is 0 Å². The summed E-state index contributed by atoms with van der Waals surface area (Å²) in [7, 11) is 0. The number of aryl methyl sites for hydroxylation is 1. The van der Waals surface area contributed by atoms with E-state index >= 15 is 0 Å². The molecule has 0 radical (unpaired) electrons. The minimum Gasteiger partial charge on any atom is -0.360 e. The summed E-state index contributed by atoms with van der Waals surface area (Å²) in [5, 5.41) is 2.85. The Kier molecular flexibility index (Phi) is 4.08. The van der Waals surface area contributed by atoms with Gasteiger partial charge in [0.05, 0.1) is 11.1 Å². The summed E-state index contributed by atoms with van der Waals surface area (Å²) in [6.07, 6.45) is -3.13. The lowest BCUT2D eigenvalue weighted by molar-refractivity contribution is -0.137. The minimum atomic E-state index is -4.53. The molecule has 1 amide bonds. The molecular formula is C18H13F3N2O2. The first-order valence-electron chi connectivity index (χ1n) is 7.37. The Labute approximate surface area is 140 Å². The molecule has 1 aromatic heterocycles. The van der Waals surface area contributed by atoms with Crippen molar-refractivity contribution in [2.45, 2.75) is 13.1 Å². The van der Waals surface area contributed by atoms with Gasteiger partial charge in [-0.15, -0.1) is 0 Å². The summed E-state index contributed by atoms with van der Waals surface area (Å²) < 4.78 is 38.4. The fourth-order valence-corrected chi connectivity index (χ4v) is 2.49. The van der Waals surface area contributed by atoms with Crippen molar-refractivity contribution >= 4 is 28.3 Å². The molecule has 7 heteroatoms. The second-order valence-corrected chi connectivity index (χ2v) is 5.56. The van der Waals surface area contributed by atoms with Gasteiger partial charge in [0, 0.05) is 22.8 Å². The van der Waals surface area contributed by atoms with Crippen LogP contribution in [0.4, 0.5) is 18.9 Å². The molecule has 128 valence electrons. The van der Waals surface area contributed by atoms with E-state index in [9.17, 15) is 22.8 Å². The Bertz CT molecular complexity index is 974. The maximum Gasteiger partial charge on any atom is 0.416 e. The summed E-state index contributed by atoms with van der Waals surface area (Å²) in [5.41, 5.74) is 0.334. The van der Waals surface area contributed by atoms with Crippen molar-refractivity contribution in [3.05, 3.63) is 65.4 Å². The van der Waals surface area contributed by atoms with Crippen LogP contribution in [-0.2, 0) is 11.0 Å². The summed E-state index contributed by atoms with van der Waals surface area (Å²) in [6, 6.07) is 9.92. The minimum absolute atomic E-state index is 0.0481. The zero-order valence-electron chi connectivity index (χ0n) is 13.1. The number of alkyl halides is 3. The lowest BCUT2D eigenvalue weighted by Gasteiger charge is -2.12. The molecule has 0 spiro atoms. The molecule has 0 aliphatic heterocycles. The van der Waals surface area contributed by atoms with Crippen LogP contribution in [0.25, 0.3) is 10.9 Å². The molecule has 0 aliphatic carbocycles. The molecule has 0 fully saturated rings. The Morgan fingerprint density at radius 2 is 1.80 bits per heavy atom. The number of para-hydroxylation sites is 1. The lowest BCUT2D eigenvalue weighted by atomic mass is 10.1. The second-order valence-electron chi connectivity index (χ2n) is 5.56. The molecule has 4 nitrogen and oxygen atoms in total. The van der Waals surface area contributed by atoms with Crippen molar-refractivity contribution in [3.8, 4) is 0 Å². The van der Waals surface area contributed by atoms with E-state index in [1.165, 1.54) is 12.3 Å². The largest absolute Gasteiger partial charge is 0.416 e. The van der Waals surface area contributed by atoms with E-state index in [-0.39, 0.29) is 11.3 Å². The number of benzene rings is 2. The number of carbonyl (C=O) groups is 2. The van der Waals surface area contributed by atoms with Crippen LogP contribution in [0.1, 0.15) is 21.5 Å². The van der Waals surface area contributed by atoms with Crippen LogP contribution < -0.4 is 5.32 Å². The number of anilines is 1. The van der Waals surface area contributed by atoms with Gasteiger partial charge in [-0.3, -0.25) is 9.59 Å². The van der Waals surface area contributed by atoms with Gasteiger partial charge in [0.25, 0.3) is 11.7 Å². The van der Waals surface area contributed by atoms with E-state index in [4.69, 9.17) is 0 Å². The molecule has 2 aromatic carbocycles. The van der Waals surface area contributed by atoms with Gasteiger partial charge >= 0.3 is 6.18 Å². The molecule has 0 aliphatic rings. The summed E-state index contributed by atoms with van der Waals surface area (Å²) in [5.74, 6) is -1.82. The van der Waals surface area contributed by atoms with Gasteiger partial charge in [0.2, 0.25) is 0 Å². The van der Waals surface area contributed by atoms with Crippen molar-refractivity contribution < 1.29 is 22.8 Å². The first-order valence-corrected chi connectivity index (χ1v) is 7.37. The van der Waals surface area contributed by atoms with E-state index in [0.717, 1.165) is 12.1 Å². The molecule has 0 saturated heterocycles. The number of halogens is 3. The Hall–Kier alpha value is -3.09. The van der Waals surface area contributed by atoms with Gasteiger partial charge < -0.3 is 10.3 Å². The first kappa shape index (κ1) is 16.8. The Balaban J connectivity index is 1.88. The van der Waals surface area contributed by atoms with Crippen molar-refractivity contribution in [3.63, 3.8) is 0 Å². The van der Waals surface area contributed by atoms with Gasteiger partial charge in [0.1, 0.15) is 0 Å². The normalized spacial score (nSPS) is 11.5. The first-order chi connectivity index (χ1) is 11.8. The van der Waals surface area contributed by atoms with E-state index in [0.29, 0.717) is 16.5 Å². The molecule has 0 bridgehead atoms. The maximum atomic E-state index is 12.8. The third-order valence-electron chi connectivity index (χ3n) is 3.85. The van der Waals surface area contributed by atoms with Crippen molar-refractivity contribution in [2.75, 3.05) is 5.32 Å². The van der Waals surface area contributed by atoms with Gasteiger partial charge in [-0.05, 0) is 30.7 Å². The predicted molar refractivity (Wildman–Crippen MR) is 87.4 cm³/mol. The number of hydrogen-bond donors (Lipinski definition) is 2.